The van der Waals surface area contributed by atoms with E-state index in [1.807, 2.05) is 13.8 Å². The summed E-state index contributed by atoms with van der Waals surface area (Å²) < 4.78 is 0. The third-order valence-corrected chi connectivity index (χ3v) is 3.53. The molecule has 0 saturated heterocycles. The van der Waals surface area contributed by atoms with Gasteiger partial charge in [0.25, 0.3) is 0 Å². The summed E-state index contributed by atoms with van der Waals surface area (Å²) in [5.41, 5.74) is 7.12. The van der Waals surface area contributed by atoms with E-state index in [1.54, 1.807) is 0 Å². The topological polar surface area (TPSA) is 101 Å². The molecule has 0 atom stereocenters. The fraction of sp³-hybridized carbons (Fsp3) is 0.250. The van der Waals surface area contributed by atoms with Gasteiger partial charge in [0.05, 0.1) is 11.4 Å². The zero-order valence-electron chi connectivity index (χ0n) is 10.6. The number of carboxylic acids is 1. The van der Waals surface area contributed by atoms with Crippen LogP contribution in [0.25, 0.3) is 0 Å². The highest BCUT2D eigenvalue weighted by atomic mass is 32.1. The van der Waals surface area contributed by atoms with E-state index in [-0.39, 0.29) is 5.69 Å². The monoisotopic (exact) mass is 278 g/mol. The molecule has 0 unspecified atom stereocenters. The molecule has 4 N–H and O–H groups in total. The Morgan fingerprint density at radius 2 is 2.21 bits per heavy atom. The van der Waals surface area contributed by atoms with Crippen LogP contribution in [0.15, 0.2) is 12.1 Å². The number of nitrogens with two attached hydrogens (primary N) is 1. The smallest absolute Gasteiger partial charge is 0.354 e. The maximum Gasteiger partial charge on any atom is 0.354 e. The molecule has 0 aromatic carbocycles. The number of rotatable bonds is 4. The summed E-state index contributed by atoms with van der Waals surface area (Å²) in [6, 6.07) is 2.88. The van der Waals surface area contributed by atoms with Crippen molar-refractivity contribution in [1.29, 1.82) is 0 Å². The number of hydrogen-bond acceptors (Lipinski definition) is 6. The summed E-state index contributed by atoms with van der Waals surface area (Å²) >= 11 is 1.49. The second kappa shape index (κ2) is 5.23. The third kappa shape index (κ3) is 2.82. The summed E-state index contributed by atoms with van der Waals surface area (Å²) in [5, 5.41) is 12.5. The molecular formula is C12H14N4O2S. The molecule has 2 rings (SSSR count). The van der Waals surface area contributed by atoms with Crippen LogP contribution in [-0.2, 0) is 6.42 Å². The zero-order chi connectivity index (χ0) is 14.0. The molecule has 0 fully saturated rings. The average molecular weight is 278 g/mol. The summed E-state index contributed by atoms with van der Waals surface area (Å²) in [4.78, 5) is 20.4. The highest BCUT2D eigenvalue weighted by molar-refractivity contribution is 7.15. The predicted molar refractivity (Wildman–Crippen MR) is 75.1 cm³/mol. The number of nitrogens with one attached hydrogen (secondary N) is 1. The van der Waals surface area contributed by atoms with Gasteiger partial charge in [0, 0.05) is 4.88 Å². The molecule has 6 nitrogen and oxygen atoms in total. The molecule has 0 spiro atoms. The van der Waals surface area contributed by atoms with Gasteiger partial charge in [-0.2, -0.15) is 0 Å². The van der Waals surface area contributed by atoms with Crippen molar-refractivity contribution in [2.24, 2.45) is 0 Å². The van der Waals surface area contributed by atoms with Crippen molar-refractivity contribution in [2.45, 2.75) is 20.3 Å². The molecule has 0 aliphatic carbocycles. The standard InChI is InChI=1S/C12H14N4O2S/c1-3-8-6(2)19-12(15-8)16-10-7(13)4-5-9(14-10)11(17)18/h4-5H,3,13H2,1-2H3,(H,17,18)(H,14,15,16). The van der Waals surface area contributed by atoms with E-state index in [2.05, 4.69) is 15.3 Å². The number of aryl methyl sites for hydroxylation is 2. The Bertz CT molecular complexity index is 624. The van der Waals surface area contributed by atoms with Crippen LogP contribution in [0.3, 0.4) is 0 Å². The molecule has 2 heterocycles. The zero-order valence-corrected chi connectivity index (χ0v) is 11.4. The van der Waals surface area contributed by atoms with Crippen LogP contribution in [0.2, 0.25) is 0 Å². The first-order valence-corrected chi connectivity index (χ1v) is 6.56. The Kier molecular flexibility index (Phi) is 3.66. The molecule has 0 saturated carbocycles. The highest BCUT2D eigenvalue weighted by Crippen LogP contribution is 2.27. The maximum absolute atomic E-state index is 10.9. The van der Waals surface area contributed by atoms with Gasteiger partial charge in [-0.15, -0.1) is 11.3 Å². The minimum Gasteiger partial charge on any atom is -0.477 e. The van der Waals surface area contributed by atoms with E-state index >= 15 is 0 Å². The Morgan fingerprint density at radius 3 is 2.79 bits per heavy atom. The SMILES string of the molecule is CCc1nc(Nc2nc(C(=O)O)ccc2N)sc1C. The van der Waals surface area contributed by atoms with E-state index < -0.39 is 5.97 Å². The first-order valence-electron chi connectivity index (χ1n) is 5.74. The van der Waals surface area contributed by atoms with E-state index in [9.17, 15) is 4.79 Å². The lowest BCUT2D eigenvalue weighted by Gasteiger charge is -2.06. The first kappa shape index (κ1) is 13.3. The molecular weight excluding hydrogens is 264 g/mol. The Hall–Kier alpha value is -2.15. The van der Waals surface area contributed by atoms with Crippen LogP contribution in [0, 0.1) is 6.92 Å². The summed E-state index contributed by atoms with van der Waals surface area (Å²) in [7, 11) is 0. The quantitative estimate of drug-likeness (QED) is 0.794. The number of nitrogen functional groups attached to an aromatic ring is 1. The van der Waals surface area contributed by atoms with Gasteiger partial charge in [-0.25, -0.2) is 14.8 Å². The van der Waals surface area contributed by atoms with Gasteiger partial charge in [-0.05, 0) is 25.5 Å². The fourth-order valence-electron chi connectivity index (χ4n) is 1.60. The van der Waals surface area contributed by atoms with Crippen molar-refractivity contribution < 1.29 is 9.90 Å². The Labute approximate surface area is 114 Å². The van der Waals surface area contributed by atoms with Crippen LogP contribution in [-0.4, -0.2) is 21.0 Å². The van der Waals surface area contributed by atoms with Crippen molar-refractivity contribution in [3.63, 3.8) is 0 Å². The van der Waals surface area contributed by atoms with Crippen LogP contribution < -0.4 is 11.1 Å². The van der Waals surface area contributed by atoms with Gasteiger partial charge in [0.2, 0.25) is 0 Å². The number of nitrogens with zero attached hydrogens (tertiary/aromatic N) is 2. The fourth-order valence-corrected chi connectivity index (χ4v) is 2.50. The van der Waals surface area contributed by atoms with Gasteiger partial charge < -0.3 is 16.2 Å². The summed E-state index contributed by atoms with van der Waals surface area (Å²) in [5.74, 6) is -0.774. The Balaban J connectivity index is 2.31. The van der Waals surface area contributed by atoms with Crippen molar-refractivity contribution in [3.8, 4) is 0 Å². The minimum atomic E-state index is -1.09. The largest absolute Gasteiger partial charge is 0.477 e. The number of aromatic nitrogens is 2. The van der Waals surface area contributed by atoms with Gasteiger partial charge in [0.1, 0.15) is 0 Å². The van der Waals surface area contributed by atoms with Gasteiger partial charge in [0.15, 0.2) is 16.6 Å². The lowest BCUT2D eigenvalue weighted by molar-refractivity contribution is 0.0690. The number of carboxylic acid groups (broad SMARTS) is 1. The van der Waals surface area contributed by atoms with Crippen LogP contribution in [0.5, 0.6) is 0 Å². The predicted octanol–water partition coefficient (Wildman–Crippen LogP) is 2.43. The average Bonchev–Trinajstić information content (AvgIpc) is 2.72. The maximum atomic E-state index is 10.9. The molecule has 19 heavy (non-hydrogen) atoms. The number of aromatic carboxylic acids is 1. The van der Waals surface area contributed by atoms with Crippen LogP contribution in [0.4, 0.5) is 16.6 Å². The molecule has 100 valence electrons. The van der Waals surface area contributed by atoms with E-state index in [1.165, 1.54) is 23.5 Å². The summed E-state index contributed by atoms with van der Waals surface area (Å²) in [6.07, 6.45) is 0.849. The van der Waals surface area contributed by atoms with E-state index in [0.717, 1.165) is 17.0 Å². The highest BCUT2D eigenvalue weighted by Gasteiger charge is 2.11. The molecule has 0 aliphatic heterocycles. The third-order valence-electron chi connectivity index (χ3n) is 2.60. The molecule has 2 aromatic rings. The minimum absolute atomic E-state index is 0.0549. The number of anilines is 3. The van der Waals surface area contributed by atoms with Gasteiger partial charge in [-0.3, -0.25) is 0 Å². The van der Waals surface area contributed by atoms with E-state index in [4.69, 9.17) is 10.8 Å². The summed E-state index contributed by atoms with van der Waals surface area (Å²) in [6.45, 7) is 4.02. The van der Waals surface area contributed by atoms with Gasteiger partial charge in [-0.1, -0.05) is 6.92 Å². The second-order valence-electron chi connectivity index (χ2n) is 3.94. The molecule has 0 amide bonds. The van der Waals surface area contributed by atoms with E-state index in [0.29, 0.717) is 16.6 Å². The van der Waals surface area contributed by atoms with Crippen LogP contribution >= 0.6 is 11.3 Å². The number of thiazole rings is 1. The normalized spacial score (nSPS) is 10.4. The number of carbonyl (C=O) groups is 1. The van der Waals surface area contributed by atoms with Crippen LogP contribution in [0.1, 0.15) is 28.0 Å². The van der Waals surface area contributed by atoms with Crippen molar-refractivity contribution in [2.75, 3.05) is 11.1 Å². The van der Waals surface area contributed by atoms with Gasteiger partial charge >= 0.3 is 5.97 Å². The molecule has 2 aromatic heterocycles. The lowest BCUT2D eigenvalue weighted by Crippen LogP contribution is -2.05. The lowest BCUT2D eigenvalue weighted by atomic mass is 10.3. The van der Waals surface area contributed by atoms with Crippen molar-refractivity contribution in [1.82, 2.24) is 9.97 Å². The van der Waals surface area contributed by atoms with Crippen molar-refractivity contribution >= 4 is 33.9 Å². The Morgan fingerprint density at radius 1 is 1.47 bits per heavy atom. The van der Waals surface area contributed by atoms with Crippen molar-refractivity contribution in [3.05, 3.63) is 28.4 Å². The first-order chi connectivity index (χ1) is 9.01. The second-order valence-corrected chi connectivity index (χ2v) is 5.14. The molecule has 0 bridgehead atoms. The molecule has 0 aliphatic rings. The molecule has 0 radical (unpaired) electrons. The molecule has 7 heteroatoms. The number of pyridine rings is 1. The number of hydrogen-bond donors (Lipinski definition) is 3.